The summed E-state index contributed by atoms with van der Waals surface area (Å²) >= 11 is 0. The molecule has 0 atom stereocenters. The van der Waals surface area contributed by atoms with Crippen molar-refractivity contribution in [2.45, 2.75) is 33.5 Å². The van der Waals surface area contributed by atoms with Crippen molar-refractivity contribution in [1.82, 2.24) is 9.78 Å². The number of nitrogens with zero attached hydrogens (tertiary/aromatic N) is 2. The number of amides is 1. The van der Waals surface area contributed by atoms with Gasteiger partial charge in [0.05, 0.1) is 5.69 Å². The van der Waals surface area contributed by atoms with Crippen LogP contribution in [0, 0.1) is 5.82 Å². The maximum Gasteiger partial charge on any atom is 0.435 e. The number of aryl methyl sites for hydroxylation is 1. The van der Waals surface area contributed by atoms with E-state index in [0.29, 0.717) is 12.1 Å². The molecule has 0 aliphatic rings. The minimum absolute atomic E-state index is 0.0525. The molecular weight excluding hydrogens is 424 g/mol. The van der Waals surface area contributed by atoms with E-state index in [1.165, 1.54) is 13.0 Å². The fourth-order valence-corrected chi connectivity index (χ4v) is 2.47. The summed E-state index contributed by atoms with van der Waals surface area (Å²) in [4.78, 5) is 12.0. The van der Waals surface area contributed by atoms with Crippen molar-refractivity contribution in [3.8, 4) is 11.3 Å². The molecule has 2 aromatic rings. The van der Waals surface area contributed by atoms with Gasteiger partial charge in [-0.05, 0) is 37.3 Å². The molecule has 1 N–H and O–H groups in total. The van der Waals surface area contributed by atoms with Gasteiger partial charge in [-0.1, -0.05) is 27.0 Å². The molecule has 0 fully saturated rings. The van der Waals surface area contributed by atoms with Crippen LogP contribution in [0.5, 0.6) is 0 Å². The van der Waals surface area contributed by atoms with E-state index in [0.717, 1.165) is 16.8 Å². The van der Waals surface area contributed by atoms with Gasteiger partial charge in [-0.15, -0.1) is 0 Å². The van der Waals surface area contributed by atoms with Gasteiger partial charge in [-0.3, -0.25) is 9.48 Å². The van der Waals surface area contributed by atoms with Gasteiger partial charge in [0.2, 0.25) is 0 Å². The molecule has 0 aliphatic carbocycles. The number of halogens is 6. The Bertz CT molecular complexity index is 1010. The zero-order valence-electron chi connectivity index (χ0n) is 17.1. The second kappa shape index (κ2) is 10.6. The van der Waals surface area contributed by atoms with E-state index in [1.54, 1.807) is 0 Å². The molecule has 1 amide bonds. The van der Waals surface area contributed by atoms with E-state index in [9.17, 15) is 31.1 Å². The molecule has 0 saturated carbocycles. The molecule has 0 saturated heterocycles. The fraction of sp³-hybridized carbons (Fsp3) is 0.238. The van der Waals surface area contributed by atoms with Gasteiger partial charge >= 0.3 is 6.18 Å². The van der Waals surface area contributed by atoms with Gasteiger partial charge in [-0.25, -0.2) is 13.2 Å². The van der Waals surface area contributed by atoms with Crippen LogP contribution in [0.2, 0.25) is 0 Å². The maximum absolute atomic E-state index is 14.5. The Kier molecular flexibility index (Phi) is 8.84. The smallest absolute Gasteiger partial charge is 0.322 e. The number of allylic oxidation sites excluding steroid dienone is 2. The van der Waals surface area contributed by atoms with Crippen molar-refractivity contribution < 1.29 is 31.1 Å². The quantitative estimate of drug-likeness (QED) is 0.310. The molecule has 1 aromatic heterocycles. The number of alkyl halides is 3. The van der Waals surface area contributed by atoms with Crippen molar-refractivity contribution in [1.29, 1.82) is 0 Å². The van der Waals surface area contributed by atoms with E-state index in [1.807, 2.05) is 13.8 Å². The van der Waals surface area contributed by atoms with E-state index < -0.39 is 40.8 Å². The second-order valence-corrected chi connectivity index (χ2v) is 5.71. The van der Waals surface area contributed by atoms with Crippen LogP contribution in [0.15, 0.2) is 60.7 Å². The first-order valence-electron chi connectivity index (χ1n) is 9.12. The second-order valence-electron chi connectivity index (χ2n) is 5.71. The third-order valence-electron chi connectivity index (χ3n) is 3.79. The highest BCUT2D eigenvalue weighted by molar-refractivity contribution is 6.07. The molecule has 1 aromatic carbocycles. The normalized spacial score (nSPS) is 11.8. The lowest BCUT2D eigenvalue weighted by Gasteiger charge is -2.10. The summed E-state index contributed by atoms with van der Waals surface area (Å²) in [6.07, 6.45) is -4.10. The third kappa shape index (κ3) is 6.09. The van der Waals surface area contributed by atoms with Crippen LogP contribution in [0.3, 0.4) is 0 Å². The zero-order valence-corrected chi connectivity index (χ0v) is 17.1. The van der Waals surface area contributed by atoms with Crippen molar-refractivity contribution in [2.75, 3.05) is 5.32 Å². The zero-order chi connectivity index (χ0) is 23.9. The lowest BCUT2D eigenvalue weighted by atomic mass is 10.1. The average molecular weight is 445 g/mol. The monoisotopic (exact) mass is 445 g/mol. The van der Waals surface area contributed by atoms with Crippen LogP contribution < -0.4 is 5.32 Å². The predicted molar refractivity (Wildman–Crippen MR) is 107 cm³/mol. The van der Waals surface area contributed by atoms with Gasteiger partial charge in [-0.2, -0.15) is 18.3 Å². The first-order chi connectivity index (χ1) is 14.5. The first kappa shape index (κ1) is 25.7. The molecule has 0 spiro atoms. The number of aromatic nitrogens is 2. The Labute approximate surface area is 175 Å². The topological polar surface area (TPSA) is 46.9 Å². The van der Waals surface area contributed by atoms with Crippen molar-refractivity contribution in [3.05, 3.63) is 72.2 Å². The molecule has 10 heteroatoms. The molecule has 1 heterocycles. The van der Waals surface area contributed by atoms with Crippen molar-refractivity contribution in [2.24, 2.45) is 0 Å². The number of hydrogen-bond acceptors (Lipinski definition) is 2. The number of nitrogens with one attached hydrogen (secondary N) is 1. The number of benzene rings is 1. The SMILES string of the molecule is C=C/C(F)=C(\C(=C)F)C(=O)Nc1ccc(-c2cc(C(F)(F)F)nn2CC)c(F)c1.CC. The Hall–Kier alpha value is -3.30. The Morgan fingerprint density at radius 2 is 1.84 bits per heavy atom. The summed E-state index contributed by atoms with van der Waals surface area (Å²) in [5.41, 5.74) is -2.68. The van der Waals surface area contributed by atoms with Crippen LogP contribution in [0.4, 0.5) is 32.0 Å². The summed E-state index contributed by atoms with van der Waals surface area (Å²) in [6.45, 7) is 11.5. The highest BCUT2D eigenvalue weighted by Gasteiger charge is 2.35. The lowest BCUT2D eigenvalue weighted by Crippen LogP contribution is -2.16. The van der Waals surface area contributed by atoms with Crippen LogP contribution in [0.25, 0.3) is 11.3 Å². The van der Waals surface area contributed by atoms with Gasteiger partial charge in [0, 0.05) is 17.8 Å². The van der Waals surface area contributed by atoms with E-state index in [-0.39, 0.29) is 23.5 Å². The van der Waals surface area contributed by atoms with Crippen molar-refractivity contribution >= 4 is 11.6 Å². The number of hydrogen-bond donors (Lipinski definition) is 1. The van der Waals surface area contributed by atoms with Gasteiger partial charge in [0.15, 0.2) is 5.69 Å². The van der Waals surface area contributed by atoms with Crippen LogP contribution in [-0.4, -0.2) is 15.7 Å². The standard InChI is InChI=1S/C19H15F6N3O.C2H6/c1-4-13(21)17(10(3)20)18(29)26-11-6-7-12(14(22)8-11)15-9-16(19(23,24)25)27-28(15)5-2;1-2/h4,6-9H,1,3,5H2,2H3,(H,26,29);1-2H3/b17-13-;. The number of carbonyl (C=O) groups is 1. The molecule has 4 nitrogen and oxygen atoms in total. The Morgan fingerprint density at radius 1 is 1.23 bits per heavy atom. The maximum atomic E-state index is 14.5. The van der Waals surface area contributed by atoms with Crippen LogP contribution in [-0.2, 0) is 17.5 Å². The van der Waals surface area contributed by atoms with E-state index in [4.69, 9.17) is 0 Å². The molecule has 0 radical (unpaired) electrons. The molecule has 0 unspecified atom stereocenters. The predicted octanol–water partition coefficient (Wildman–Crippen LogP) is 6.59. The number of carbonyl (C=O) groups excluding carboxylic acids is 1. The molecule has 2 rings (SSSR count). The van der Waals surface area contributed by atoms with Crippen molar-refractivity contribution in [3.63, 3.8) is 0 Å². The Balaban J connectivity index is 0.00000233. The third-order valence-corrected chi connectivity index (χ3v) is 3.79. The summed E-state index contributed by atoms with van der Waals surface area (Å²) in [5.74, 6) is -4.83. The number of anilines is 1. The minimum atomic E-state index is -4.70. The summed E-state index contributed by atoms with van der Waals surface area (Å²) in [6, 6.07) is 3.79. The summed E-state index contributed by atoms with van der Waals surface area (Å²) in [5, 5.41) is 5.49. The van der Waals surface area contributed by atoms with E-state index in [2.05, 4.69) is 23.6 Å². The number of rotatable bonds is 6. The summed E-state index contributed by atoms with van der Waals surface area (Å²) in [7, 11) is 0. The summed E-state index contributed by atoms with van der Waals surface area (Å²) < 4.78 is 81.0. The molecule has 31 heavy (non-hydrogen) atoms. The average Bonchev–Trinajstić information content (AvgIpc) is 3.14. The van der Waals surface area contributed by atoms with E-state index >= 15 is 0 Å². The van der Waals surface area contributed by atoms with Crippen LogP contribution in [0.1, 0.15) is 26.5 Å². The minimum Gasteiger partial charge on any atom is -0.322 e. The molecule has 168 valence electrons. The molecular formula is C21H21F6N3O. The fourth-order valence-electron chi connectivity index (χ4n) is 2.47. The van der Waals surface area contributed by atoms with Gasteiger partial charge < -0.3 is 5.32 Å². The Morgan fingerprint density at radius 3 is 2.29 bits per heavy atom. The van der Waals surface area contributed by atoms with Gasteiger partial charge in [0.25, 0.3) is 5.91 Å². The molecule has 0 aliphatic heterocycles. The largest absolute Gasteiger partial charge is 0.435 e. The van der Waals surface area contributed by atoms with Gasteiger partial charge in [0.1, 0.15) is 23.0 Å². The highest BCUT2D eigenvalue weighted by Crippen LogP contribution is 2.33. The van der Waals surface area contributed by atoms with Crippen LogP contribution >= 0.6 is 0 Å². The first-order valence-corrected chi connectivity index (χ1v) is 9.12. The highest BCUT2D eigenvalue weighted by atomic mass is 19.4. The molecule has 0 bridgehead atoms. The lowest BCUT2D eigenvalue weighted by molar-refractivity contribution is -0.141.